The van der Waals surface area contributed by atoms with Gasteiger partial charge >= 0.3 is 0 Å². The number of ether oxygens (including phenoxy) is 1. The first-order valence-corrected chi connectivity index (χ1v) is 14.6. The summed E-state index contributed by atoms with van der Waals surface area (Å²) < 4.78 is 34.1. The van der Waals surface area contributed by atoms with E-state index in [9.17, 15) is 18.0 Å². The quantitative estimate of drug-likeness (QED) is 0.274. The molecule has 0 aliphatic heterocycles. The second-order valence-electron chi connectivity index (χ2n) is 9.35. The van der Waals surface area contributed by atoms with E-state index >= 15 is 0 Å². The highest BCUT2D eigenvalue weighted by Gasteiger charge is 2.34. The van der Waals surface area contributed by atoms with Crippen molar-refractivity contribution in [1.82, 2.24) is 10.2 Å². The number of amides is 2. The van der Waals surface area contributed by atoms with Crippen LogP contribution in [0.3, 0.4) is 0 Å². The van der Waals surface area contributed by atoms with Gasteiger partial charge in [0, 0.05) is 20.0 Å². The number of sulfonamides is 1. The molecule has 0 fully saturated rings. The van der Waals surface area contributed by atoms with Gasteiger partial charge in [0.2, 0.25) is 11.8 Å². The van der Waals surface area contributed by atoms with Gasteiger partial charge in [0.05, 0.1) is 17.7 Å². The van der Waals surface area contributed by atoms with Gasteiger partial charge in [-0.1, -0.05) is 78.9 Å². The topological polar surface area (TPSA) is 96.0 Å². The average Bonchev–Trinajstić information content (AvgIpc) is 3.02. The van der Waals surface area contributed by atoms with Crippen LogP contribution in [0.15, 0.2) is 120 Å². The molecule has 1 N–H and O–H groups in total. The van der Waals surface area contributed by atoms with Crippen molar-refractivity contribution in [3.8, 4) is 5.75 Å². The molecule has 4 aromatic rings. The molecule has 0 aromatic heterocycles. The Bertz CT molecular complexity index is 1550. The molecule has 0 aliphatic rings. The Morgan fingerprint density at radius 2 is 1.39 bits per heavy atom. The van der Waals surface area contributed by atoms with E-state index in [2.05, 4.69) is 5.32 Å². The average molecular weight is 572 g/mol. The standard InChI is InChI=1S/C32H33N3O5S/c1-33-32(37)30(22-25-13-6-3-7-14-25)34(23-26-15-12-18-28(21-26)40-2)31(36)24-35(27-16-8-4-9-17-27)41(38,39)29-19-10-5-11-20-29/h3-21,30H,22-24H2,1-2H3,(H,33,37). The molecule has 0 radical (unpaired) electrons. The van der Waals surface area contributed by atoms with Crippen LogP contribution in [0.5, 0.6) is 5.75 Å². The van der Waals surface area contributed by atoms with Crippen molar-refractivity contribution < 1.29 is 22.7 Å². The van der Waals surface area contributed by atoms with E-state index in [1.165, 1.54) is 24.1 Å². The van der Waals surface area contributed by atoms with Crippen LogP contribution in [0.4, 0.5) is 5.69 Å². The van der Waals surface area contributed by atoms with Gasteiger partial charge < -0.3 is 15.0 Å². The second-order valence-corrected chi connectivity index (χ2v) is 11.2. The molecule has 1 unspecified atom stereocenters. The summed E-state index contributed by atoms with van der Waals surface area (Å²) >= 11 is 0. The lowest BCUT2D eigenvalue weighted by Gasteiger charge is -2.33. The van der Waals surface area contributed by atoms with Gasteiger partial charge in [0.15, 0.2) is 0 Å². The fraction of sp³-hybridized carbons (Fsp3) is 0.188. The van der Waals surface area contributed by atoms with Crippen LogP contribution < -0.4 is 14.4 Å². The monoisotopic (exact) mass is 571 g/mol. The number of rotatable bonds is 12. The highest BCUT2D eigenvalue weighted by Crippen LogP contribution is 2.25. The van der Waals surface area contributed by atoms with E-state index in [1.54, 1.807) is 73.8 Å². The maximum Gasteiger partial charge on any atom is 0.264 e. The van der Waals surface area contributed by atoms with Crippen LogP contribution in [0, 0.1) is 0 Å². The van der Waals surface area contributed by atoms with Crippen molar-refractivity contribution >= 4 is 27.5 Å². The smallest absolute Gasteiger partial charge is 0.264 e. The Hall–Kier alpha value is -4.63. The van der Waals surface area contributed by atoms with Crippen molar-refractivity contribution in [3.05, 3.63) is 126 Å². The molecule has 41 heavy (non-hydrogen) atoms. The number of para-hydroxylation sites is 1. The molecule has 0 bridgehead atoms. The van der Waals surface area contributed by atoms with Crippen LogP contribution in [-0.2, 0) is 32.6 Å². The number of nitrogens with zero attached hydrogens (tertiary/aromatic N) is 2. The fourth-order valence-corrected chi connectivity index (χ4v) is 5.97. The Balaban J connectivity index is 1.77. The Morgan fingerprint density at radius 3 is 2.00 bits per heavy atom. The highest BCUT2D eigenvalue weighted by atomic mass is 32.2. The largest absolute Gasteiger partial charge is 0.497 e. The first kappa shape index (κ1) is 29.4. The Kier molecular flexibility index (Phi) is 9.76. The third-order valence-electron chi connectivity index (χ3n) is 6.66. The van der Waals surface area contributed by atoms with Gasteiger partial charge in [-0.15, -0.1) is 0 Å². The summed E-state index contributed by atoms with van der Waals surface area (Å²) in [6, 6.07) is 32.2. The van der Waals surface area contributed by atoms with Gasteiger partial charge in [-0.2, -0.15) is 0 Å². The van der Waals surface area contributed by atoms with Gasteiger partial charge in [0.1, 0.15) is 18.3 Å². The molecule has 9 heteroatoms. The first-order chi connectivity index (χ1) is 19.8. The number of carbonyl (C=O) groups excluding carboxylic acids is 2. The molecule has 0 aliphatic carbocycles. The van der Waals surface area contributed by atoms with Gasteiger partial charge in [-0.25, -0.2) is 8.42 Å². The molecule has 0 spiro atoms. The minimum Gasteiger partial charge on any atom is -0.497 e. The molecule has 8 nitrogen and oxygen atoms in total. The summed E-state index contributed by atoms with van der Waals surface area (Å²) in [5.74, 6) is -0.282. The molecule has 0 saturated heterocycles. The summed E-state index contributed by atoms with van der Waals surface area (Å²) in [4.78, 5) is 29.0. The number of carbonyl (C=O) groups is 2. The van der Waals surface area contributed by atoms with E-state index in [1.807, 2.05) is 36.4 Å². The number of hydrogen-bond acceptors (Lipinski definition) is 5. The minimum absolute atomic E-state index is 0.0585. The number of likely N-dealkylation sites (N-methyl/N-ethyl adjacent to an activating group) is 1. The normalized spacial score (nSPS) is 11.8. The molecular weight excluding hydrogens is 538 g/mol. The van der Waals surface area contributed by atoms with Crippen molar-refractivity contribution in [1.29, 1.82) is 0 Å². The highest BCUT2D eigenvalue weighted by molar-refractivity contribution is 7.92. The lowest BCUT2D eigenvalue weighted by molar-refractivity contribution is -0.139. The summed E-state index contributed by atoms with van der Waals surface area (Å²) in [7, 11) is -1.04. The predicted molar refractivity (Wildman–Crippen MR) is 159 cm³/mol. The zero-order valence-electron chi connectivity index (χ0n) is 23.0. The zero-order chi connectivity index (χ0) is 29.2. The van der Waals surface area contributed by atoms with E-state index in [0.29, 0.717) is 11.4 Å². The summed E-state index contributed by atoms with van der Waals surface area (Å²) in [5, 5.41) is 2.68. The van der Waals surface area contributed by atoms with Crippen LogP contribution in [0.25, 0.3) is 0 Å². The number of methoxy groups -OCH3 is 1. The minimum atomic E-state index is -4.11. The molecule has 1 atom stereocenters. The van der Waals surface area contributed by atoms with Crippen molar-refractivity contribution in [2.24, 2.45) is 0 Å². The van der Waals surface area contributed by atoms with Crippen molar-refractivity contribution in [2.75, 3.05) is 25.0 Å². The number of hydrogen-bond donors (Lipinski definition) is 1. The van der Waals surface area contributed by atoms with E-state index < -0.39 is 28.5 Å². The third-order valence-corrected chi connectivity index (χ3v) is 8.45. The molecule has 0 heterocycles. The lowest BCUT2D eigenvalue weighted by atomic mass is 10.0. The summed E-state index contributed by atoms with van der Waals surface area (Å²) in [5.41, 5.74) is 1.93. The predicted octanol–water partition coefficient (Wildman–Crippen LogP) is 4.28. The zero-order valence-corrected chi connectivity index (χ0v) is 23.8. The second kappa shape index (κ2) is 13.6. The number of benzene rings is 4. The molecular formula is C32H33N3O5S. The number of anilines is 1. The van der Waals surface area contributed by atoms with Crippen molar-refractivity contribution in [2.45, 2.75) is 23.9 Å². The van der Waals surface area contributed by atoms with Crippen LogP contribution in [0.1, 0.15) is 11.1 Å². The lowest BCUT2D eigenvalue weighted by Crippen LogP contribution is -2.53. The van der Waals surface area contributed by atoms with E-state index in [-0.39, 0.29) is 23.8 Å². The maximum atomic E-state index is 14.2. The molecule has 4 aromatic carbocycles. The van der Waals surface area contributed by atoms with Crippen molar-refractivity contribution in [3.63, 3.8) is 0 Å². The SMILES string of the molecule is CNC(=O)C(Cc1ccccc1)N(Cc1cccc(OC)c1)C(=O)CN(c1ccccc1)S(=O)(=O)c1ccccc1. The first-order valence-electron chi connectivity index (χ1n) is 13.1. The van der Waals surface area contributed by atoms with Gasteiger partial charge in [-0.3, -0.25) is 13.9 Å². The van der Waals surface area contributed by atoms with Gasteiger partial charge in [0.25, 0.3) is 10.0 Å². The third kappa shape index (κ3) is 7.32. The molecule has 212 valence electrons. The molecule has 2 amide bonds. The Morgan fingerprint density at radius 1 is 0.805 bits per heavy atom. The fourth-order valence-electron chi connectivity index (χ4n) is 4.53. The Labute approximate surface area is 241 Å². The van der Waals surface area contributed by atoms with E-state index in [4.69, 9.17) is 4.74 Å². The van der Waals surface area contributed by atoms with Crippen LogP contribution >= 0.6 is 0 Å². The molecule has 4 rings (SSSR count). The van der Waals surface area contributed by atoms with E-state index in [0.717, 1.165) is 15.4 Å². The van der Waals surface area contributed by atoms with Crippen LogP contribution in [0.2, 0.25) is 0 Å². The number of nitrogens with one attached hydrogen (secondary N) is 1. The maximum absolute atomic E-state index is 14.2. The summed E-state index contributed by atoms with van der Waals surface area (Å²) in [6.07, 6.45) is 0.243. The van der Waals surface area contributed by atoms with Gasteiger partial charge in [-0.05, 0) is 47.5 Å². The van der Waals surface area contributed by atoms with Crippen LogP contribution in [-0.4, -0.2) is 51.9 Å². The summed E-state index contributed by atoms with van der Waals surface area (Å²) in [6.45, 7) is -0.442. The molecule has 0 saturated carbocycles.